The van der Waals surface area contributed by atoms with E-state index in [4.69, 9.17) is 4.74 Å². The molecule has 0 saturated carbocycles. The van der Waals surface area contributed by atoms with Crippen LogP contribution in [0.1, 0.15) is 22.8 Å². The van der Waals surface area contributed by atoms with E-state index < -0.39 is 0 Å². The van der Waals surface area contributed by atoms with Gasteiger partial charge in [0.2, 0.25) is 0 Å². The molecule has 0 aliphatic carbocycles. The molecule has 1 amide bonds. The summed E-state index contributed by atoms with van der Waals surface area (Å²) in [5.41, 5.74) is 1.89. The number of benzene rings is 2. The van der Waals surface area contributed by atoms with Crippen LogP contribution in [0.15, 0.2) is 53.4 Å². The zero-order valence-corrected chi connectivity index (χ0v) is 13.8. The molecule has 0 heterocycles. The van der Waals surface area contributed by atoms with Crippen molar-refractivity contribution in [1.82, 2.24) is 5.32 Å². The van der Waals surface area contributed by atoms with E-state index in [0.717, 1.165) is 27.5 Å². The molecule has 3 nitrogen and oxygen atoms in total. The largest absolute Gasteiger partial charge is 0.492 e. The van der Waals surface area contributed by atoms with E-state index >= 15 is 0 Å². The Kier molecular flexibility index (Phi) is 6.34. The van der Waals surface area contributed by atoms with E-state index in [1.807, 2.05) is 55.5 Å². The first-order valence-corrected chi connectivity index (χ1v) is 8.38. The third-order valence-electron chi connectivity index (χ3n) is 3.08. The number of hydrogen-bond acceptors (Lipinski definition) is 3. The molecule has 0 radical (unpaired) electrons. The Morgan fingerprint density at radius 3 is 2.77 bits per heavy atom. The molecule has 2 aromatic rings. The minimum Gasteiger partial charge on any atom is -0.492 e. The molecule has 116 valence electrons. The summed E-state index contributed by atoms with van der Waals surface area (Å²) < 4.78 is 5.63. The van der Waals surface area contributed by atoms with Crippen LogP contribution in [-0.2, 0) is 0 Å². The Morgan fingerprint density at radius 1 is 1.18 bits per heavy atom. The van der Waals surface area contributed by atoms with Crippen LogP contribution in [0.3, 0.4) is 0 Å². The highest BCUT2D eigenvalue weighted by molar-refractivity contribution is 7.99. The summed E-state index contributed by atoms with van der Waals surface area (Å²) in [5, 5.41) is 2.91. The molecule has 0 unspecified atom stereocenters. The zero-order chi connectivity index (χ0) is 15.8. The fourth-order valence-corrected chi connectivity index (χ4v) is 2.87. The highest BCUT2D eigenvalue weighted by Gasteiger charge is 2.10. The minimum absolute atomic E-state index is 0.0515. The second-order valence-corrected chi connectivity index (χ2v) is 6.16. The summed E-state index contributed by atoms with van der Waals surface area (Å²) >= 11 is 1.68. The van der Waals surface area contributed by atoms with Crippen molar-refractivity contribution in [2.75, 3.05) is 18.9 Å². The number of aryl methyl sites for hydroxylation is 1. The second kappa shape index (κ2) is 8.49. The summed E-state index contributed by atoms with van der Waals surface area (Å²) in [7, 11) is 0. The lowest BCUT2D eigenvalue weighted by molar-refractivity contribution is 0.0944. The molecule has 0 saturated heterocycles. The molecule has 0 aliphatic rings. The number of thioether (sulfide) groups is 1. The summed E-state index contributed by atoms with van der Waals surface area (Å²) in [6.45, 7) is 5.04. The van der Waals surface area contributed by atoms with Gasteiger partial charge in [0.25, 0.3) is 5.91 Å². The average molecular weight is 315 g/mol. The molecule has 0 bridgehead atoms. The predicted molar refractivity (Wildman–Crippen MR) is 91.8 cm³/mol. The SMILES string of the molecule is CCSc1ccccc1C(=O)NCCOc1cccc(C)c1. The molecule has 0 fully saturated rings. The van der Waals surface area contributed by atoms with Crippen molar-refractivity contribution in [2.45, 2.75) is 18.7 Å². The lowest BCUT2D eigenvalue weighted by Crippen LogP contribution is -2.28. The van der Waals surface area contributed by atoms with Crippen molar-refractivity contribution in [3.63, 3.8) is 0 Å². The standard InChI is InChI=1S/C18H21NO2S/c1-3-22-17-10-5-4-9-16(17)18(20)19-11-12-21-15-8-6-7-14(2)13-15/h4-10,13H,3,11-12H2,1-2H3,(H,19,20). The van der Waals surface area contributed by atoms with Crippen molar-refractivity contribution < 1.29 is 9.53 Å². The number of carbonyl (C=O) groups excluding carboxylic acids is 1. The van der Waals surface area contributed by atoms with Gasteiger partial charge in [-0.05, 0) is 42.5 Å². The highest BCUT2D eigenvalue weighted by Crippen LogP contribution is 2.22. The summed E-state index contributed by atoms with van der Waals surface area (Å²) in [5.74, 6) is 1.72. The van der Waals surface area contributed by atoms with Crippen LogP contribution in [0.25, 0.3) is 0 Å². The molecule has 0 atom stereocenters. The van der Waals surface area contributed by atoms with Gasteiger partial charge in [-0.15, -0.1) is 11.8 Å². The Morgan fingerprint density at radius 2 is 2.00 bits per heavy atom. The molecular formula is C18H21NO2S. The quantitative estimate of drug-likeness (QED) is 0.622. The zero-order valence-electron chi connectivity index (χ0n) is 13.0. The Hall–Kier alpha value is -1.94. The van der Waals surface area contributed by atoms with Gasteiger partial charge in [-0.25, -0.2) is 0 Å². The molecule has 2 rings (SSSR count). The Balaban J connectivity index is 1.83. The van der Waals surface area contributed by atoms with Gasteiger partial charge in [0.15, 0.2) is 0 Å². The molecule has 4 heteroatoms. The summed E-state index contributed by atoms with van der Waals surface area (Å²) in [6.07, 6.45) is 0. The Labute approximate surface area is 136 Å². The van der Waals surface area contributed by atoms with Crippen LogP contribution in [0, 0.1) is 6.92 Å². The van der Waals surface area contributed by atoms with Crippen LogP contribution in [0.5, 0.6) is 5.75 Å². The topological polar surface area (TPSA) is 38.3 Å². The van der Waals surface area contributed by atoms with Crippen LogP contribution in [0.2, 0.25) is 0 Å². The van der Waals surface area contributed by atoms with Gasteiger partial charge in [0, 0.05) is 4.90 Å². The van der Waals surface area contributed by atoms with Crippen LogP contribution >= 0.6 is 11.8 Å². The van der Waals surface area contributed by atoms with Gasteiger partial charge < -0.3 is 10.1 Å². The summed E-state index contributed by atoms with van der Waals surface area (Å²) in [6, 6.07) is 15.6. The third-order valence-corrected chi connectivity index (χ3v) is 4.03. The number of amides is 1. The van der Waals surface area contributed by atoms with E-state index in [2.05, 4.69) is 12.2 Å². The van der Waals surface area contributed by atoms with Crippen LogP contribution in [-0.4, -0.2) is 24.8 Å². The third kappa shape index (κ3) is 4.81. The molecule has 0 aliphatic heterocycles. The minimum atomic E-state index is -0.0515. The second-order valence-electron chi connectivity index (χ2n) is 4.85. The number of rotatable bonds is 7. The van der Waals surface area contributed by atoms with E-state index in [1.54, 1.807) is 11.8 Å². The van der Waals surface area contributed by atoms with E-state index in [-0.39, 0.29) is 5.91 Å². The monoisotopic (exact) mass is 315 g/mol. The van der Waals surface area contributed by atoms with Crippen LogP contribution < -0.4 is 10.1 Å². The Bertz CT molecular complexity index is 628. The van der Waals surface area contributed by atoms with Crippen molar-refractivity contribution in [2.24, 2.45) is 0 Å². The molecule has 0 aromatic heterocycles. The molecule has 2 aromatic carbocycles. The maximum absolute atomic E-state index is 12.2. The van der Waals surface area contributed by atoms with Gasteiger partial charge in [-0.2, -0.15) is 0 Å². The first-order valence-electron chi connectivity index (χ1n) is 7.40. The first-order chi connectivity index (χ1) is 10.7. The maximum atomic E-state index is 12.2. The van der Waals surface area contributed by atoms with Gasteiger partial charge in [0.1, 0.15) is 12.4 Å². The van der Waals surface area contributed by atoms with E-state index in [0.29, 0.717) is 13.2 Å². The van der Waals surface area contributed by atoms with Gasteiger partial charge in [-0.1, -0.05) is 31.2 Å². The summed E-state index contributed by atoms with van der Waals surface area (Å²) in [4.78, 5) is 13.2. The number of carbonyl (C=O) groups is 1. The smallest absolute Gasteiger partial charge is 0.252 e. The lowest BCUT2D eigenvalue weighted by Gasteiger charge is -2.10. The molecule has 0 spiro atoms. The van der Waals surface area contributed by atoms with Crippen molar-refractivity contribution in [3.05, 3.63) is 59.7 Å². The first kappa shape index (κ1) is 16.4. The van der Waals surface area contributed by atoms with Crippen LogP contribution in [0.4, 0.5) is 0 Å². The van der Waals surface area contributed by atoms with E-state index in [9.17, 15) is 4.79 Å². The highest BCUT2D eigenvalue weighted by atomic mass is 32.2. The molecular weight excluding hydrogens is 294 g/mol. The lowest BCUT2D eigenvalue weighted by atomic mass is 10.2. The number of ether oxygens (including phenoxy) is 1. The van der Waals surface area contributed by atoms with Crippen molar-refractivity contribution >= 4 is 17.7 Å². The number of nitrogens with one attached hydrogen (secondary N) is 1. The predicted octanol–water partition coefficient (Wildman–Crippen LogP) is 3.92. The maximum Gasteiger partial charge on any atom is 0.252 e. The molecule has 1 N–H and O–H groups in total. The fourth-order valence-electron chi connectivity index (χ4n) is 2.07. The van der Waals surface area contributed by atoms with Gasteiger partial charge in [-0.3, -0.25) is 4.79 Å². The number of hydrogen-bond donors (Lipinski definition) is 1. The molecule has 22 heavy (non-hydrogen) atoms. The van der Waals surface area contributed by atoms with E-state index in [1.165, 1.54) is 0 Å². The van der Waals surface area contributed by atoms with Crippen molar-refractivity contribution in [1.29, 1.82) is 0 Å². The van der Waals surface area contributed by atoms with Gasteiger partial charge in [0.05, 0.1) is 12.1 Å². The van der Waals surface area contributed by atoms with Crippen molar-refractivity contribution in [3.8, 4) is 5.75 Å². The average Bonchev–Trinajstić information content (AvgIpc) is 2.52. The van der Waals surface area contributed by atoms with Gasteiger partial charge >= 0.3 is 0 Å². The normalized spacial score (nSPS) is 10.3. The fraction of sp³-hybridized carbons (Fsp3) is 0.278.